The molecule has 0 aliphatic heterocycles. The first-order valence-corrected chi connectivity index (χ1v) is 11.0. The number of rotatable bonds is 7. The molecule has 0 aliphatic rings. The van der Waals surface area contributed by atoms with Gasteiger partial charge in [-0.2, -0.15) is 0 Å². The van der Waals surface area contributed by atoms with Crippen LogP contribution in [0.5, 0.6) is 0 Å². The number of nitrogens with one attached hydrogen (secondary N) is 1. The van der Waals surface area contributed by atoms with Crippen molar-refractivity contribution >= 4 is 17.2 Å². The predicted molar refractivity (Wildman–Crippen MR) is 121 cm³/mol. The minimum absolute atomic E-state index is 0.0557. The molecule has 30 heavy (non-hydrogen) atoms. The Hall–Kier alpha value is -3.12. The molecule has 5 nitrogen and oxygen atoms in total. The van der Waals surface area contributed by atoms with E-state index in [0.717, 1.165) is 39.8 Å². The Bertz CT molecular complexity index is 1130. The monoisotopic (exact) mass is 419 g/mol. The molecule has 0 aliphatic carbocycles. The van der Waals surface area contributed by atoms with Gasteiger partial charge in [-0.25, -0.2) is 4.98 Å². The summed E-state index contributed by atoms with van der Waals surface area (Å²) in [7, 11) is 0. The van der Waals surface area contributed by atoms with Crippen molar-refractivity contribution in [3.63, 3.8) is 0 Å². The molecule has 0 bridgehead atoms. The van der Waals surface area contributed by atoms with Crippen LogP contribution in [0, 0.1) is 6.92 Å². The van der Waals surface area contributed by atoms with Crippen LogP contribution in [0.2, 0.25) is 0 Å². The SMILES string of the molecule is CCC(C)NC(=O)c1cc(-c2csc(-c3ccccc3)n2)n(Cc2ccco2)c1C. The van der Waals surface area contributed by atoms with E-state index >= 15 is 0 Å². The highest BCUT2D eigenvalue weighted by Gasteiger charge is 2.21. The summed E-state index contributed by atoms with van der Waals surface area (Å²) in [6.07, 6.45) is 2.55. The highest BCUT2D eigenvalue weighted by atomic mass is 32.1. The van der Waals surface area contributed by atoms with Gasteiger partial charge in [0.05, 0.1) is 29.8 Å². The van der Waals surface area contributed by atoms with Crippen LogP contribution in [0.1, 0.15) is 42.1 Å². The van der Waals surface area contributed by atoms with Gasteiger partial charge in [0, 0.05) is 22.7 Å². The van der Waals surface area contributed by atoms with Crippen LogP contribution in [-0.2, 0) is 6.54 Å². The highest BCUT2D eigenvalue weighted by molar-refractivity contribution is 7.13. The van der Waals surface area contributed by atoms with E-state index in [9.17, 15) is 4.79 Å². The molecular weight excluding hydrogens is 394 g/mol. The molecule has 0 saturated heterocycles. The first kappa shape index (κ1) is 20.2. The average Bonchev–Trinajstić information content (AvgIpc) is 3.50. The molecule has 6 heteroatoms. The first-order valence-electron chi connectivity index (χ1n) is 10.1. The van der Waals surface area contributed by atoms with E-state index in [1.807, 2.05) is 55.6 Å². The second-order valence-electron chi connectivity index (χ2n) is 7.38. The van der Waals surface area contributed by atoms with Crippen molar-refractivity contribution in [2.24, 2.45) is 0 Å². The number of hydrogen-bond acceptors (Lipinski definition) is 4. The largest absolute Gasteiger partial charge is 0.467 e. The topological polar surface area (TPSA) is 60.1 Å². The van der Waals surface area contributed by atoms with Gasteiger partial charge in [-0.3, -0.25) is 4.79 Å². The van der Waals surface area contributed by atoms with Gasteiger partial charge >= 0.3 is 0 Å². The molecule has 1 unspecified atom stereocenters. The molecule has 1 amide bonds. The molecule has 1 atom stereocenters. The van der Waals surface area contributed by atoms with Crippen molar-refractivity contribution in [2.45, 2.75) is 39.8 Å². The lowest BCUT2D eigenvalue weighted by atomic mass is 10.2. The number of thiazole rings is 1. The van der Waals surface area contributed by atoms with Gasteiger partial charge in [0.15, 0.2) is 0 Å². The Labute approximate surface area is 180 Å². The van der Waals surface area contributed by atoms with Gasteiger partial charge in [0.2, 0.25) is 0 Å². The fraction of sp³-hybridized carbons (Fsp3) is 0.250. The summed E-state index contributed by atoms with van der Waals surface area (Å²) in [5, 5.41) is 6.08. The molecule has 1 N–H and O–H groups in total. The first-order chi connectivity index (χ1) is 14.6. The standard InChI is InChI=1S/C24H25N3O2S/c1-4-16(2)25-23(28)20-13-22(27(17(20)3)14-19-11-8-12-29-19)21-15-30-24(26-21)18-9-6-5-7-10-18/h5-13,15-16H,4,14H2,1-3H3,(H,25,28). The van der Waals surface area contributed by atoms with E-state index in [2.05, 4.69) is 28.9 Å². The van der Waals surface area contributed by atoms with Gasteiger partial charge in [0.25, 0.3) is 5.91 Å². The summed E-state index contributed by atoms with van der Waals surface area (Å²) < 4.78 is 7.68. The third-order valence-electron chi connectivity index (χ3n) is 5.28. The fourth-order valence-electron chi connectivity index (χ4n) is 3.36. The van der Waals surface area contributed by atoms with Crippen LogP contribution >= 0.6 is 11.3 Å². The van der Waals surface area contributed by atoms with Gasteiger partial charge < -0.3 is 14.3 Å². The third kappa shape index (κ3) is 4.09. The van der Waals surface area contributed by atoms with Crippen molar-refractivity contribution in [2.75, 3.05) is 0 Å². The number of nitrogens with zero attached hydrogens (tertiary/aromatic N) is 2. The molecule has 4 rings (SSSR count). The second-order valence-corrected chi connectivity index (χ2v) is 8.24. The summed E-state index contributed by atoms with van der Waals surface area (Å²) in [4.78, 5) is 17.8. The van der Waals surface area contributed by atoms with E-state index in [0.29, 0.717) is 12.1 Å². The fourth-order valence-corrected chi connectivity index (χ4v) is 4.18. The Morgan fingerprint density at radius 2 is 2.03 bits per heavy atom. The average molecular weight is 420 g/mol. The molecule has 1 aromatic carbocycles. The number of carbonyl (C=O) groups excluding carboxylic acids is 1. The summed E-state index contributed by atoms with van der Waals surface area (Å²) in [5.41, 5.74) is 4.43. The van der Waals surface area contributed by atoms with E-state index in [1.54, 1.807) is 17.6 Å². The number of hydrogen-bond donors (Lipinski definition) is 1. The summed E-state index contributed by atoms with van der Waals surface area (Å²) in [6, 6.07) is 16.0. The highest BCUT2D eigenvalue weighted by Crippen LogP contribution is 2.32. The van der Waals surface area contributed by atoms with Gasteiger partial charge in [-0.05, 0) is 38.5 Å². The van der Waals surface area contributed by atoms with Crippen LogP contribution in [-0.4, -0.2) is 21.5 Å². The Morgan fingerprint density at radius 1 is 1.23 bits per heavy atom. The zero-order valence-electron chi connectivity index (χ0n) is 17.4. The Morgan fingerprint density at radius 3 is 2.73 bits per heavy atom. The van der Waals surface area contributed by atoms with Gasteiger partial charge in [0.1, 0.15) is 10.8 Å². The normalized spacial score (nSPS) is 12.1. The van der Waals surface area contributed by atoms with Gasteiger partial charge in [-0.1, -0.05) is 37.3 Å². The van der Waals surface area contributed by atoms with Crippen LogP contribution in [0.25, 0.3) is 22.0 Å². The van der Waals surface area contributed by atoms with E-state index < -0.39 is 0 Å². The predicted octanol–water partition coefficient (Wildman–Crippen LogP) is 5.76. The Balaban J connectivity index is 1.75. The molecule has 0 radical (unpaired) electrons. The quantitative estimate of drug-likeness (QED) is 0.414. The molecule has 3 heterocycles. The second kappa shape index (κ2) is 8.71. The van der Waals surface area contributed by atoms with Crippen molar-refractivity contribution in [1.29, 1.82) is 0 Å². The summed E-state index contributed by atoms with van der Waals surface area (Å²) in [5.74, 6) is 0.780. The van der Waals surface area contributed by atoms with Crippen molar-refractivity contribution in [1.82, 2.24) is 14.9 Å². The molecule has 0 spiro atoms. The molecule has 4 aromatic rings. The smallest absolute Gasteiger partial charge is 0.253 e. The van der Waals surface area contributed by atoms with Crippen LogP contribution in [0.3, 0.4) is 0 Å². The molecule has 0 saturated carbocycles. The lowest BCUT2D eigenvalue weighted by molar-refractivity contribution is 0.0938. The third-order valence-corrected chi connectivity index (χ3v) is 6.17. The number of amides is 1. The van der Waals surface area contributed by atoms with Crippen LogP contribution in [0.15, 0.2) is 64.6 Å². The van der Waals surface area contributed by atoms with Crippen LogP contribution < -0.4 is 5.32 Å². The molecule has 3 aromatic heterocycles. The summed E-state index contributed by atoms with van der Waals surface area (Å²) in [6.45, 7) is 6.59. The van der Waals surface area contributed by atoms with Crippen LogP contribution in [0.4, 0.5) is 0 Å². The summed E-state index contributed by atoms with van der Waals surface area (Å²) >= 11 is 1.60. The number of aromatic nitrogens is 2. The lowest BCUT2D eigenvalue weighted by Gasteiger charge is -2.12. The zero-order valence-corrected chi connectivity index (χ0v) is 18.2. The van der Waals surface area contributed by atoms with Gasteiger partial charge in [-0.15, -0.1) is 11.3 Å². The lowest BCUT2D eigenvalue weighted by Crippen LogP contribution is -2.32. The molecule has 0 fully saturated rings. The maximum atomic E-state index is 12.9. The minimum atomic E-state index is -0.0557. The molecular formula is C24H25N3O2S. The van der Waals surface area contributed by atoms with Crippen molar-refractivity contribution < 1.29 is 9.21 Å². The molecule has 154 valence electrons. The minimum Gasteiger partial charge on any atom is -0.467 e. The van der Waals surface area contributed by atoms with E-state index in [-0.39, 0.29) is 11.9 Å². The maximum absolute atomic E-state index is 12.9. The zero-order chi connectivity index (χ0) is 21.1. The number of carbonyl (C=O) groups is 1. The maximum Gasteiger partial charge on any atom is 0.253 e. The Kier molecular flexibility index (Phi) is 5.86. The van der Waals surface area contributed by atoms with E-state index in [4.69, 9.17) is 9.40 Å². The van der Waals surface area contributed by atoms with Crippen molar-refractivity contribution in [3.05, 3.63) is 77.2 Å². The number of furan rings is 1. The van der Waals surface area contributed by atoms with E-state index in [1.165, 1.54) is 0 Å². The van der Waals surface area contributed by atoms with Crippen molar-refractivity contribution in [3.8, 4) is 22.0 Å². The number of benzene rings is 1.